The van der Waals surface area contributed by atoms with E-state index in [1.807, 2.05) is 0 Å². The van der Waals surface area contributed by atoms with Gasteiger partial charge in [-0.05, 0) is 94.6 Å². The van der Waals surface area contributed by atoms with Crippen molar-refractivity contribution in [1.29, 1.82) is 0 Å². The molecule has 0 heterocycles. The minimum atomic E-state index is -1.05. The smallest absolute Gasteiger partial charge is 0.0622 e. The van der Waals surface area contributed by atoms with E-state index in [-0.39, 0.29) is 0 Å². The van der Waals surface area contributed by atoms with Gasteiger partial charge in [0.1, 0.15) is 0 Å². The second-order valence-corrected chi connectivity index (χ2v) is 8.50. The monoisotopic (exact) mass is 532 g/mol. The average molecular weight is 533 g/mol. The molecule has 8 aromatic rings. The van der Waals surface area contributed by atoms with Gasteiger partial charge >= 0.3 is 0 Å². The van der Waals surface area contributed by atoms with Crippen LogP contribution in [-0.4, -0.2) is 0 Å². The summed E-state index contributed by atoms with van der Waals surface area (Å²) in [5.41, 5.74) is -4.70. The van der Waals surface area contributed by atoms with Crippen molar-refractivity contribution in [2.45, 2.75) is 0 Å². The predicted molar refractivity (Wildman–Crippen MR) is 173 cm³/mol. The molecule has 0 nitrogen and oxygen atoms in total. The van der Waals surface area contributed by atoms with E-state index >= 15 is 0 Å². The highest BCUT2D eigenvalue weighted by molar-refractivity contribution is 6.22. The van der Waals surface area contributed by atoms with E-state index in [1.165, 1.54) is 0 Å². The Balaban J connectivity index is 1.80. The Morgan fingerprint density at radius 3 is 1.43 bits per heavy atom. The summed E-state index contributed by atoms with van der Waals surface area (Å²) in [7, 11) is 0. The summed E-state index contributed by atoms with van der Waals surface area (Å²) in [5, 5.41) is -5.61. The van der Waals surface area contributed by atoms with Crippen LogP contribution in [0.25, 0.3) is 76.5 Å². The van der Waals surface area contributed by atoms with E-state index < -0.39 is 234 Å². The van der Waals surface area contributed by atoms with E-state index in [4.69, 9.17) is 24.7 Å². The minimum absolute atomic E-state index is 0.576. The van der Waals surface area contributed by atoms with Gasteiger partial charge in [0.15, 0.2) is 0 Å². The Hall–Kier alpha value is -5.20. The second kappa shape index (κ2) is 9.22. The molecule has 0 unspecified atom stereocenters. The summed E-state index contributed by atoms with van der Waals surface area (Å²) >= 11 is 0. The molecule has 0 fully saturated rings. The molecule has 0 atom stereocenters. The Bertz CT molecular complexity index is 3540. The highest BCUT2D eigenvalue weighted by atomic mass is 14.2. The van der Waals surface area contributed by atoms with Crippen LogP contribution in [0.2, 0.25) is 0 Å². The molecule has 0 amide bonds. The standard InChI is InChI=1S/C40H26/c1-2-13-28(14-3-1)38-26-32(25-30-16-6-7-17-33(30)38)40-36-20-10-8-18-34(36)39(35-19-9-11-21-37(35)40)31-23-22-27-12-4-5-15-29(27)24-31/h1-26H/i1D,2D,3D,4D,5D,6D,7D,8D,9D,10D,11D,12D,13D,14D,15D,16D,17D,18D,19D,20D,21D,22D,23D,24D,25D,26D. The average Bonchev–Trinajstić information content (AvgIpc) is 3.28. The molecule has 0 saturated carbocycles. The van der Waals surface area contributed by atoms with Crippen molar-refractivity contribution in [3.05, 3.63) is 157 Å². The molecular weight excluding hydrogens is 480 g/mol. The lowest BCUT2D eigenvalue weighted by molar-refractivity contribution is 1.64. The van der Waals surface area contributed by atoms with E-state index in [0.717, 1.165) is 0 Å². The first-order valence-electron chi connectivity index (χ1n) is 24.8. The fourth-order valence-electron chi connectivity index (χ4n) is 4.66. The maximum absolute atomic E-state index is 9.85. The van der Waals surface area contributed by atoms with Gasteiger partial charge in [-0.25, -0.2) is 0 Å². The maximum Gasteiger partial charge on any atom is 0.0636 e. The molecule has 0 aromatic heterocycles. The predicted octanol–water partition coefficient (Wildman–Crippen LogP) is 11.3. The lowest BCUT2D eigenvalue weighted by Gasteiger charge is -2.19. The van der Waals surface area contributed by atoms with Gasteiger partial charge in [0.2, 0.25) is 0 Å². The number of hydrogen-bond acceptors (Lipinski definition) is 0. The van der Waals surface area contributed by atoms with E-state index in [2.05, 4.69) is 0 Å². The maximum atomic E-state index is 9.85. The summed E-state index contributed by atoms with van der Waals surface area (Å²) in [6.07, 6.45) is 0. The number of benzene rings is 8. The van der Waals surface area contributed by atoms with Gasteiger partial charge < -0.3 is 0 Å². The van der Waals surface area contributed by atoms with Crippen molar-refractivity contribution in [1.82, 2.24) is 0 Å². The van der Waals surface area contributed by atoms with Crippen LogP contribution in [0.4, 0.5) is 0 Å². The molecular formula is C40H26. The molecule has 40 heavy (non-hydrogen) atoms. The quantitative estimate of drug-likeness (QED) is 0.198. The molecule has 0 saturated heterocycles. The summed E-state index contributed by atoms with van der Waals surface area (Å²) in [6, 6.07) is -24.5. The highest BCUT2D eigenvalue weighted by Gasteiger charge is 2.18. The van der Waals surface area contributed by atoms with Gasteiger partial charge in [-0.3, -0.25) is 0 Å². The van der Waals surface area contributed by atoms with Crippen LogP contribution in [0.15, 0.2) is 157 Å². The van der Waals surface area contributed by atoms with Crippen molar-refractivity contribution < 1.29 is 35.6 Å². The molecule has 0 N–H and O–H groups in total. The van der Waals surface area contributed by atoms with Crippen LogP contribution in [0.3, 0.4) is 0 Å². The molecule has 8 aromatic carbocycles. The normalized spacial score (nSPS) is 20.6. The van der Waals surface area contributed by atoms with Crippen LogP contribution >= 0.6 is 0 Å². The molecule has 0 spiro atoms. The van der Waals surface area contributed by atoms with Crippen LogP contribution in [0.5, 0.6) is 0 Å². The van der Waals surface area contributed by atoms with Crippen LogP contribution in [0.1, 0.15) is 35.6 Å². The van der Waals surface area contributed by atoms with Gasteiger partial charge in [0, 0.05) is 0 Å². The fraction of sp³-hybridized carbons (Fsp3) is 0. The zero-order chi connectivity index (χ0) is 49.1. The molecule has 0 aliphatic heterocycles. The van der Waals surface area contributed by atoms with Crippen molar-refractivity contribution >= 4 is 43.1 Å². The van der Waals surface area contributed by atoms with Gasteiger partial charge in [-0.1, -0.05) is 139 Å². The molecule has 0 aliphatic carbocycles. The van der Waals surface area contributed by atoms with Crippen molar-refractivity contribution in [3.8, 4) is 33.4 Å². The highest BCUT2D eigenvalue weighted by Crippen LogP contribution is 2.45. The summed E-state index contributed by atoms with van der Waals surface area (Å²) in [6.45, 7) is 0. The van der Waals surface area contributed by atoms with E-state index in [9.17, 15) is 11.0 Å². The molecule has 8 rings (SSSR count). The van der Waals surface area contributed by atoms with Crippen LogP contribution in [-0.2, 0) is 0 Å². The Labute approximate surface area is 270 Å². The van der Waals surface area contributed by atoms with Crippen LogP contribution in [0, 0.1) is 0 Å². The second-order valence-electron chi connectivity index (χ2n) is 8.50. The third-order valence-electron chi connectivity index (χ3n) is 6.31. The molecule has 0 bridgehead atoms. The first kappa shape index (κ1) is 8.65. The van der Waals surface area contributed by atoms with Gasteiger partial charge in [-0.2, -0.15) is 0 Å². The Morgan fingerprint density at radius 1 is 0.300 bits per heavy atom. The summed E-state index contributed by atoms with van der Waals surface area (Å²) < 4.78 is 232. The van der Waals surface area contributed by atoms with Crippen molar-refractivity contribution in [2.24, 2.45) is 0 Å². The third kappa shape index (κ3) is 3.61. The van der Waals surface area contributed by atoms with Crippen LogP contribution < -0.4 is 0 Å². The van der Waals surface area contributed by atoms with Crippen molar-refractivity contribution in [2.75, 3.05) is 0 Å². The molecule has 0 aliphatic rings. The number of fused-ring (bicyclic) bond motifs is 4. The SMILES string of the molecule is [2H]c1c([2H])c([2H])c(-c2c([2H])c(-c3c4c([2H])c([2H])c([2H])c([2H])c4c(-c4c([2H])c([2H])c5c([2H])c([2H])c([2H])c([2H])c5c4[2H])c4c([2H])c([2H])c([2H])c([2H])c34)c([2H])c3c([2H])c([2H])c([2H])c([2H])c23)c([2H])c1[2H]. The summed E-state index contributed by atoms with van der Waals surface area (Å²) in [5.74, 6) is 0. The number of hydrogen-bond donors (Lipinski definition) is 0. The zero-order valence-electron chi connectivity index (χ0n) is 46.0. The lowest BCUT2D eigenvalue weighted by atomic mass is 9.84. The molecule has 0 heteroatoms. The minimum Gasteiger partial charge on any atom is -0.0622 e. The third-order valence-corrected chi connectivity index (χ3v) is 6.31. The Morgan fingerprint density at radius 2 is 0.775 bits per heavy atom. The van der Waals surface area contributed by atoms with Gasteiger partial charge in [-0.15, -0.1) is 0 Å². The summed E-state index contributed by atoms with van der Waals surface area (Å²) in [4.78, 5) is 0. The first-order valence-corrected chi connectivity index (χ1v) is 11.8. The van der Waals surface area contributed by atoms with E-state index in [0.29, 0.717) is 0 Å². The first-order chi connectivity index (χ1) is 30.7. The van der Waals surface area contributed by atoms with Gasteiger partial charge in [0.05, 0.1) is 35.6 Å². The van der Waals surface area contributed by atoms with E-state index in [1.54, 1.807) is 0 Å². The zero-order valence-corrected chi connectivity index (χ0v) is 20.0. The Kier molecular flexibility index (Phi) is 1.99. The van der Waals surface area contributed by atoms with Crippen molar-refractivity contribution in [3.63, 3.8) is 0 Å². The topological polar surface area (TPSA) is 0 Å². The fourth-order valence-corrected chi connectivity index (χ4v) is 4.66. The number of rotatable bonds is 3. The van der Waals surface area contributed by atoms with Gasteiger partial charge in [0.25, 0.3) is 0 Å². The molecule has 186 valence electrons. The molecule has 0 radical (unpaired) electrons. The largest absolute Gasteiger partial charge is 0.0636 e. The lowest BCUT2D eigenvalue weighted by Crippen LogP contribution is -1.92.